The van der Waals surface area contributed by atoms with Gasteiger partial charge in [0.25, 0.3) is 0 Å². The van der Waals surface area contributed by atoms with Gasteiger partial charge in [-0.05, 0) is 19.8 Å². The van der Waals surface area contributed by atoms with Crippen LogP contribution in [0.5, 0.6) is 5.88 Å². The van der Waals surface area contributed by atoms with Gasteiger partial charge in [-0.15, -0.1) is 0 Å². The number of H-pyrrole nitrogens is 1. The van der Waals surface area contributed by atoms with E-state index in [-0.39, 0.29) is 24.3 Å². The van der Waals surface area contributed by atoms with Gasteiger partial charge in [0.2, 0.25) is 17.7 Å². The monoisotopic (exact) mass is 419 g/mol. The highest BCUT2D eigenvalue weighted by Crippen LogP contribution is 2.30. The summed E-state index contributed by atoms with van der Waals surface area (Å²) in [5.74, 6) is 0.365. The molecule has 0 spiro atoms. The summed E-state index contributed by atoms with van der Waals surface area (Å²) >= 11 is 0. The lowest BCUT2D eigenvalue weighted by molar-refractivity contribution is -0.132. The number of nitrogens with one attached hydrogen (secondary N) is 2. The van der Waals surface area contributed by atoms with E-state index in [1.165, 1.54) is 0 Å². The van der Waals surface area contributed by atoms with Crippen molar-refractivity contribution in [1.82, 2.24) is 29.6 Å². The van der Waals surface area contributed by atoms with Crippen molar-refractivity contribution in [1.29, 1.82) is 10.5 Å². The van der Waals surface area contributed by atoms with Gasteiger partial charge in [-0.2, -0.15) is 25.6 Å². The molecule has 158 valence electrons. The quantitative estimate of drug-likeness (QED) is 0.617. The molecule has 1 aliphatic rings. The Balaban J connectivity index is 1.62. The van der Waals surface area contributed by atoms with Crippen LogP contribution in [0.4, 0.5) is 11.6 Å². The van der Waals surface area contributed by atoms with Crippen LogP contribution in [0.25, 0.3) is 11.0 Å². The topological polar surface area (TPSA) is 149 Å². The van der Waals surface area contributed by atoms with E-state index < -0.39 is 0 Å². The van der Waals surface area contributed by atoms with Gasteiger partial charge >= 0.3 is 0 Å². The number of nitrogens with zero attached hydrogens (tertiary/aromatic N) is 7. The second kappa shape index (κ2) is 8.71. The van der Waals surface area contributed by atoms with Crippen molar-refractivity contribution in [2.24, 2.45) is 0 Å². The van der Waals surface area contributed by atoms with E-state index in [0.717, 1.165) is 25.1 Å². The number of hydrogen-bond donors (Lipinski definition) is 2. The Morgan fingerprint density at radius 3 is 3.03 bits per heavy atom. The molecule has 11 heteroatoms. The van der Waals surface area contributed by atoms with Crippen LogP contribution in [-0.4, -0.2) is 54.7 Å². The highest BCUT2D eigenvalue weighted by Gasteiger charge is 2.26. The van der Waals surface area contributed by atoms with Crippen molar-refractivity contribution in [3.8, 4) is 18.0 Å². The Hall–Kier alpha value is -4.12. The van der Waals surface area contributed by atoms with E-state index in [9.17, 15) is 10.1 Å². The first-order chi connectivity index (χ1) is 15.1. The predicted molar refractivity (Wildman–Crippen MR) is 110 cm³/mol. The first kappa shape index (κ1) is 20.2. The summed E-state index contributed by atoms with van der Waals surface area (Å²) in [5, 5.41) is 26.1. The highest BCUT2D eigenvalue weighted by molar-refractivity contribution is 5.88. The summed E-state index contributed by atoms with van der Waals surface area (Å²) in [7, 11) is 0. The maximum Gasteiger partial charge on any atom is 0.236 e. The standard InChI is InChI=1S/C20H21N9O2/c1-2-29-11-14(10-24-29)25-20-26-18-17(13(8-22)9-23-18)19(27-20)31-15-4-3-7-28(12-15)16(30)5-6-21/h9-11,15H,2-5,7,12H2,1H3,(H2,23,25,26,27). The number of hydrogen-bond acceptors (Lipinski definition) is 8. The molecule has 31 heavy (non-hydrogen) atoms. The van der Waals surface area contributed by atoms with Gasteiger partial charge in [0.05, 0.1) is 35.4 Å². The Morgan fingerprint density at radius 1 is 1.42 bits per heavy atom. The Morgan fingerprint density at radius 2 is 2.29 bits per heavy atom. The van der Waals surface area contributed by atoms with Crippen LogP contribution in [0, 0.1) is 22.7 Å². The van der Waals surface area contributed by atoms with Crippen LogP contribution in [-0.2, 0) is 11.3 Å². The smallest absolute Gasteiger partial charge is 0.236 e. The van der Waals surface area contributed by atoms with Gasteiger partial charge in [-0.1, -0.05) is 0 Å². The molecule has 0 aromatic carbocycles. The molecule has 1 saturated heterocycles. The second-order valence-corrected chi connectivity index (χ2v) is 7.16. The zero-order valence-electron chi connectivity index (χ0n) is 17.0. The minimum absolute atomic E-state index is 0.152. The lowest BCUT2D eigenvalue weighted by atomic mass is 10.1. The molecule has 4 heterocycles. The Bertz CT molecular complexity index is 1180. The molecule has 1 aliphatic heterocycles. The number of likely N-dealkylation sites (tertiary alicyclic amines) is 1. The van der Waals surface area contributed by atoms with Crippen LogP contribution >= 0.6 is 0 Å². The summed E-state index contributed by atoms with van der Waals surface area (Å²) in [6, 6.07) is 4.02. The lowest BCUT2D eigenvalue weighted by Crippen LogP contribution is -2.44. The molecule has 2 N–H and O–H groups in total. The SMILES string of the molecule is CCn1cc(Nc2nc(OC3CCCN(C(=O)CC#N)C3)c3c(C#N)c[nH]c3n2)cn1. The van der Waals surface area contributed by atoms with Gasteiger partial charge in [0.15, 0.2) is 0 Å². The van der Waals surface area contributed by atoms with Crippen molar-refractivity contribution in [3.05, 3.63) is 24.2 Å². The van der Waals surface area contributed by atoms with Crippen LogP contribution in [0.2, 0.25) is 0 Å². The molecule has 3 aromatic heterocycles. The van der Waals surface area contributed by atoms with E-state index in [1.54, 1.807) is 22.0 Å². The maximum atomic E-state index is 12.1. The van der Waals surface area contributed by atoms with E-state index in [0.29, 0.717) is 35.6 Å². The third-order valence-corrected chi connectivity index (χ3v) is 5.07. The number of carbonyl (C=O) groups excluding carboxylic acids is 1. The number of fused-ring (bicyclic) bond motifs is 1. The molecule has 1 fully saturated rings. The van der Waals surface area contributed by atoms with E-state index in [1.807, 2.05) is 19.2 Å². The van der Waals surface area contributed by atoms with E-state index in [2.05, 4.69) is 31.4 Å². The third-order valence-electron chi connectivity index (χ3n) is 5.07. The summed E-state index contributed by atoms with van der Waals surface area (Å²) in [6.45, 7) is 3.69. The fraction of sp³-hybridized carbons (Fsp3) is 0.400. The molecule has 3 aromatic rings. The number of carbonyl (C=O) groups is 1. The van der Waals surface area contributed by atoms with Crippen LogP contribution in [0.3, 0.4) is 0 Å². The lowest BCUT2D eigenvalue weighted by Gasteiger charge is -2.32. The number of nitriles is 2. The van der Waals surface area contributed by atoms with E-state index in [4.69, 9.17) is 10.00 Å². The summed E-state index contributed by atoms with van der Waals surface area (Å²) in [4.78, 5) is 25.7. The molecule has 1 unspecified atom stereocenters. The average Bonchev–Trinajstić information content (AvgIpc) is 3.40. The van der Waals surface area contributed by atoms with Crippen molar-refractivity contribution in [2.75, 3.05) is 18.4 Å². The van der Waals surface area contributed by atoms with Gasteiger partial charge in [-0.25, -0.2) is 0 Å². The predicted octanol–water partition coefficient (Wildman–Crippen LogP) is 2.07. The van der Waals surface area contributed by atoms with Crippen LogP contribution < -0.4 is 10.1 Å². The van der Waals surface area contributed by atoms with Crippen LogP contribution in [0.15, 0.2) is 18.6 Å². The fourth-order valence-corrected chi connectivity index (χ4v) is 3.56. The van der Waals surface area contributed by atoms with Crippen molar-refractivity contribution >= 4 is 28.6 Å². The van der Waals surface area contributed by atoms with Gasteiger partial charge in [0.1, 0.15) is 24.2 Å². The molecule has 0 radical (unpaired) electrons. The summed E-state index contributed by atoms with van der Waals surface area (Å²) in [6.07, 6.45) is 6.12. The molecule has 4 rings (SSSR count). The van der Waals surface area contributed by atoms with Crippen LogP contribution in [0.1, 0.15) is 31.7 Å². The Kier molecular flexibility index (Phi) is 5.67. The number of anilines is 2. The van der Waals surface area contributed by atoms with Gasteiger partial charge in [-0.3, -0.25) is 9.48 Å². The molecule has 0 bridgehead atoms. The largest absolute Gasteiger partial charge is 0.472 e. The van der Waals surface area contributed by atoms with Crippen molar-refractivity contribution in [2.45, 2.75) is 38.8 Å². The minimum atomic E-state index is -0.299. The number of aromatic amines is 1. The molecule has 11 nitrogen and oxygen atoms in total. The van der Waals surface area contributed by atoms with Crippen molar-refractivity contribution in [3.63, 3.8) is 0 Å². The number of amides is 1. The zero-order valence-corrected chi connectivity index (χ0v) is 17.0. The molecular weight excluding hydrogens is 398 g/mol. The second-order valence-electron chi connectivity index (χ2n) is 7.16. The van der Waals surface area contributed by atoms with E-state index >= 15 is 0 Å². The molecule has 0 aliphatic carbocycles. The fourth-order valence-electron chi connectivity index (χ4n) is 3.56. The highest BCUT2D eigenvalue weighted by atomic mass is 16.5. The molecular formula is C20H21N9O2. The summed E-state index contributed by atoms with van der Waals surface area (Å²) in [5.41, 5.74) is 1.58. The maximum absolute atomic E-state index is 12.1. The van der Waals surface area contributed by atoms with Crippen molar-refractivity contribution < 1.29 is 9.53 Å². The zero-order chi connectivity index (χ0) is 21.8. The Labute approximate surface area is 178 Å². The first-order valence-electron chi connectivity index (χ1n) is 10.0. The molecule has 1 atom stereocenters. The molecule has 0 saturated carbocycles. The summed E-state index contributed by atoms with van der Waals surface area (Å²) < 4.78 is 7.95. The number of ether oxygens (including phenoxy) is 1. The number of rotatable bonds is 6. The van der Waals surface area contributed by atoms with Gasteiger partial charge in [0, 0.05) is 25.5 Å². The number of aryl methyl sites for hydroxylation is 1. The minimum Gasteiger partial charge on any atom is -0.472 e. The number of piperidine rings is 1. The third kappa shape index (κ3) is 4.26. The normalized spacial score (nSPS) is 16.0. The molecule has 1 amide bonds. The first-order valence-corrected chi connectivity index (χ1v) is 10.0. The number of aromatic nitrogens is 5. The average molecular weight is 419 g/mol. The van der Waals surface area contributed by atoms with Gasteiger partial charge < -0.3 is 19.9 Å².